The number of hydrogen-bond acceptors (Lipinski definition) is 7. The van der Waals surface area contributed by atoms with Crippen LogP contribution in [0.15, 0.2) is 48.8 Å². The fourth-order valence-corrected chi connectivity index (χ4v) is 6.80. The number of halogens is 1. The molecule has 2 aromatic heterocycles. The molecule has 7 nitrogen and oxygen atoms in total. The minimum atomic E-state index is -0.663. The number of carbonyl (C=O) groups excluding carboxylic acids is 1. The lowest BCUT2D eigenvalue weighted by atomic mass is 9.88. The molecule has 2 saturated carbocycles. The zero-order valence-electron chi connectivity index (χ0n) is 21.8. The van der Waals surface area contributed by atoms with Crippen molar-refractivity contribution in [1.82, 2.24) is 15.3 Å². The van der Waals surface area contributed by atoms with Crippen LogP contribution in [0.25, 0.3) is 21.1 Å². The van der Waals surface area contributed by atoms with Gasteiger partial charge in [0.05, 0.1) is 22.8 Å². The van der Waals surface area contributed by atoms with Crippen molar-refractivity contribution >= 4 is 33.7 Å². The molecule has 0 radical (unpaired) electrons. The van der Waals surface area contributed by atoms with E-state index in [2.05, 4.69) is 50.5 Å². The van der Waals surface area contributed by atoms with Crippen LogP contribution in [0.5, 0.6) is 0 Å². The molecule has 1 amide bonds. The van der Waals surface area contributed by atoms with Crippen molar-refractivity contribution in [1.29, 1.82) is 5.26 Å². The summed E-state index contributed by atoms with van der Waals surface area (Å²) in [7, 11) is -0.663. The summed E-state index contributed by atoms with van der Waals surface area (Å²) in [4.78, 5) is 23.5. The van der Waals surface area contributed by atoms with E-state index >= 15 is 0 Å². The molecule has 3 heterocycles. The fraction of sp³-hybridized carbons (Fsp3) is 0.448. The van der Waals surface area contributed by atoms with Crippen molar-refractivity contribution in [2.45, 2.75) is 50.5 Å². The van der Waals surface area contributed by atoms with Crippen molar-refractivity contribution in [3.63, 3.8) is 0 Å². The van der Waals surface area contributed by atoms with Gasteiger partial charge in [-0.15, -0.1) is 11.3 Å². The van der Waals surface area contributed by atoms with E-state index in [0.717, 1.165) is 84.3 Å². The first-order chi connectivity index (χ1) is 18.9. The van der Waals surface area contributed by atoms with Crippen molar-refractivity contribution in [3.05, 3.63) is 54.6 Å². The third kappa shape index (κ3) is 7.08. The molecule has 1 aliphatic heterocycles. The van der Waals surface area contributed by atoms with Crippen LogP contribution in [0.1, 0.15) is 44.9 Å². The van der Waals surface area contributed by atoms with Crippen molar-refractivity contribution < 1.29 is 13.4 Å². The van der Waals surface area contributed by atoms with Crippen LogP contribution in [0.4, 0.5) is 10.1 Å². The topological polar surface area (TPSA) is 99.0 Å². The molecule has 3 fully saturated rings. The Morgan fingerprint density at radius 1 is 1.05 bits per heavy atom. The number of rotatable bonds is 5. The Kier molecular flexibility index (Phi) is 8.68. The molecule has 0 atom stereocenters. The number of thiazole rings is 1. The van der Waals surface area contributed by atoms with E-state index in [-0.39, 0.29) is 17.6 Å². The predicted molar refractivity (Wildman–Crippen MR) is 153 cm³/mol. The van der Waals surface area contributed by atoms with Gasteiger partial charge in [-0.05, 0) is 55.5 Å². The summed E-state index contributed by atoms with van der Waals surface area (Å²) in [6.45, 7) is 1.68. The van der Waals surface area contributed by atoms with Gasteiger partial charge < -0.3 is 10.2 Å². The van der Waals surface area contributed by atoms with Gasteiger partial charge in [-0.3, -0.25) is 14.0 Å². The number of nitriles is 1. The summed E-state index contributed by atoms with van der Waals surface area (Å²) in [5, 5.41) is 12.5. The second kappa shape index (κ2) is 12.3. The largest absolute Gasteiger partial charge is 0.370 e. The highest BCUT2D eigenvalue weighted by atomic mass is 32.2. The Morgan fingerprint density at radius 2 is 1.77 bits per heavy atom. The smallest absolute Gasteiger partial charge is 0.224 e. The number of pyridine rings is 1. The molecular formula is C29H32FN5O2S2. The summed E-state index contributed by atoms with van der Waals surface area (Å²) in [5.74, 6) is 1.42. The first-order valence-corrected chi connectivity index (χ1v) is 15.8. The average molecular weight is 566 g/mol. The SMILES string of the molecule is N#CC1(NC(=O)C2CCCCC2)CC1.O=S1CCN(c2ccc(-c3cnc(-c4ccc(F)cn4)s3)cc2)CC1. The quantitative estimate of drug-likeness (QED) is 0.450. The lowest BCUT2D eigenvalue weighted by molar-refractivity contribution is -0.126. The monoisotopic (exact) mass is 565 g/mol. The van der Waals surface area contributed by atoms with Gasteiger partial charge in [-0.25, -0.2) is 9.37 Å². The summed E-state index contributed by atoms with van der Waals surface area (Å²) in [6.07, 6.45) is 10.3. The van der Waals surface area contributed by atoms with Crippen LogP contribution in [0, 0.1) is 23.1 Å². The molecule has 39 heavy (non-hydrogen) atoms. The van der Waals surface area contributed by atoms with E-state index in [1.807, 2.05) is 6.20 Å². The van der Waals surface area contributed by atoms with Crippen LogP contribution in [0.2, 0.25) is 0 Å². The van der Waals surface area contributed by atoms with E-state index in [1.165, 1.54) is 30.0 Å². The lowest BCUT2D eigenvalue weighted by Crippen LogP contribution is -2.40. The van der Waals surface area contributed by atoms with E-state index in [9.17, 15) is 13.4 Å². The van der Waals surface area contributed by atoms with E-state index in [4.69, 9.17) is 5.26 Å². The fourth-order valence-electron chi connectivity index (χ4n) is 4.85. The molecule has 0 bridgehead atoms. The lowest BCUT2D eigenvalue weighted by Gasteiger charge is -2.28. The molecule has 0 spiro atoms. The van der Waals surface area contributed by atoms with Crippen LogP contribution in [-0.2, 0) is 15.6 Å². The highest BCUT2D eigenvalue weighted by molar-refractivity contribution is 7.85. The minimum Gasteiger partial charge on any atom is -0.370 e. The average Bonchev–Trinajstić information content (AvgIpc) is 3.58. The van der Waals surface area contributed by atoms with Gasteiger partial charge >= 0.3 is 0 Å². The zero-order valence-corrected chi connectivity index (χ0v) is 23.4. The van der Waals surface area contributed by atoms with Gasteiger partial charge in [0.1, 0.15) is 16.4 Å². The number of nitrogens with zero attached hydrogens (tertiary/aromatic N) is 4. The Hall–Kier alpha value is -3.16. The molecule has 0 unspecified atom stereocenters. The summed E-state index contributed by atoms with van der Waals surface area (Å²) in [6, 6.07) is 13.6. The minimum absolute atomic E-state index is 0.115. The number of anilines is 1. The first-order valence-electron chi connectivity index (χ1n) is 13.5. The molecule has 1 aromatic carbocycles. The maximum absolute atomic E-state index is 13.0. The number of hydrogen-bond donors (Lipinski definition) is 1. The molecule has 2 aliphatic carbocycles. The number of benzene rings is 1. The number of nitrogens with one attached hydrogen (secondary N) is 1. The van der Waals surface area contributed by atoms with Gasteiger partial charge in [-0.2, -0.15) is 5.26 Å². The molecule has 1 saturated heterocycles. The van der Waals surface area contributed by atoms with Crippen LogP contribution in [0.3, 0.4) is 0 Å². The van der Waals surface area contributed by atoms with Crippen LogP contribution >= 0.6 is 11.3 Å². The molecule has 204 valence electrons. The second-order valence-electron chi connectivity index (χ2n) is 10.3. The number of carbonyl (C=O) groups is 1. The van der Waals surface area contributed by atoms with E-state index in [1.54, 1.807) is 6.07 Å². The van der Waals surface area contributed by atoms with Crippen LogP contribution < -0.4 is 10.2 Å². The second-order valence-corrected chi connectivity index (χ2v) is 13.0. The van der Waals surface area contributed by atoms with Gasteiger partial charge in [0.15, 0.2) is 0 Å². The van der Waals surface area contributed by atoms with Crippen molar-refractivity contribution in [2.24, 2.45) is 5.92 Å². The Labute approximate surface area is 234 Å². The number of amides is 1. The molecule has 10 heteroatoms. The first kappa shape index (κ1) is 27.4. The summed E-state index contributed by atoms with van der Waals surface area (Å²) >= 11 is 1.54. The van der Waals surface area contributed by atoms with E-state index in [0.29, 0.717) is 5.69 Å². The maximum Gasteiger partial charge on any atom is 0.224 e. The van der Waals surface area contributed by atoms with Gasteiger partial charge in [0.25, 0.3) is 0 Å². The highest BCUT2D eigenvalue weighted by Gasteiger charge is 2.45. The molecule has 6 rings (SSSR count). The third-order valence-corrected chi connectivity index (χ3v) is 9.79. The standard InChI is InChI=1S/C18H16FN3OS2.C11H16N2O/c19-14-3-6-16(20-11-14)18-21-12-17(24-18)13-1-4-15(5-2-13)22-7-9-25(23)10-8-22;12-8-11(6-7-11)13-10(14)9-4-2-1-3-5-9/h1-6,11-12H,7-10H2;9H,1-7H2,(H,13,14). The Bertz CT molecular complexity index is 1330. The third-order valence-electron chi connectivity index (χ3n) is 7.45. The molecular weight excluding hydrogens is 533 g/mol. The maximum atomic E-state index is 13.0. The van der Waals surface area contributed by atoms with E-state index < -0.39 is 16.3 Å². The Balaban J connectivity index is 0.000000186. The van der Waals surface area contributed by atoms with Gasteiger partial charge in [-0.1, -0.05) is 31.4 Å². The number of aromatic nitrogens is 2. The van der Waals surface area contributed by atoms with Gasteiger partial charge in [0.2, 0.25) is 5.91 Å². The molecule has 3 aliphatic rings. The van der Waals surface area contributed by atoms with Crippen LogP contribution in [-0.4, -0.2) is 50.2 Å². The van der Waals surface area contributed by atoms with Crippen molar-refractivity contribution in [3.8, 4) is 27.2 Å². The Morgan fingerprint density at radius 3 is 2.38 bits per heavy atom. The normalized spacial score (nSPS) is 18.9. The molecule has 1 N–H and O–H groups in total. The molecule has 3 aromatic rings. The summed E-state index contributed by atoms with van der Waals surface area (Å²) < 4.78 is 24.5. The van der Waals surface area contributed by atoms with Gasteiger partial charge in [0, 0.05) is 53.2 Å². The van der Waals surface area contributed by atoms with Crippen molar-refractivity contribution in [2.75, 3.05) is 29.5 Å². The highest BCUT2D eigenvalue weighted by Crippen LogP contribution is 2.36. The predicted octanol–water partition coefficient (Wildman–Crippen LogP) is 5.32. The summed E-state index contributed by atoms with van der Waals surface area (Å²) in [5.41, 5.74) is 2.45. The zero-order chi connectivity index (χ0) is 27.2.